The van der Waals surface area contributed by atoms with Gasteiger partial charge in [-0.05, 0) is 42.6 Å². The maximum absolute atomic E-state index is 12.2. The van der Waals surface area contributed by atoms with Crippen LogP contribution in [-0.2, 0) is 6.54 Å². The Labute approximate surface area is 90.0 Å². The molecular weight excluding hydrogens is 225 g/mol. The quantitative estimate of drug-likeness (QED) is 0.625. The lowest BCUT2D eigenvalue weighted by Gasteiger charge is -2.11. The Bertz CT molecular complexity index is 339. The van der Waals surface area contributed by atoms with Gasteiger partial charge in [0.25, 0.3) is 0 Å². The summed E-state index contributed by atoms with van der Waals surface area (Å²) in [4.78, 5) is 0.186. The van der Waals surface area contributed by atoms with Crippen LogP contribution >= 0.6 is 11.8 Å². The van der Waals surface area contributed by atoms with Crippen molar-refractivity contribution in [2.24, 2.45) is 0 Å². The van der Waals surface area contributed by atoms with Gasteiger partial charge in [0.1, 0.15) is 0 Å². The molecule has 0 atom stereocenters. The van der Waals surface area contributed by atoms with E-state index in [0.717, 1.165) is 0 Å². The van der Waals surface area contributed by atoms with E-state index < -0.39 is 5.51 Å². The topological polar surface area (TPSA) is 38.0 Å². The molecule has 0 radical (unpaired) electrons. The largest absolute Gasteiger partial charge is 0.446 e. The molecule has 3 N–H and O–H groups in total. The SMILES string of the molecule is CNCc1cc(N)ccc1SC(F)(F)F. The van der Waals surface area contributed by atoms with Gasteiger partial charge in [-0.25, -0.2) is 0 Å². The minimum absolute atomic E-state index is 0.120. The molecule has 2 nitrogen and oxygen atoms in total. The van der Waals surface area contributed by atoms with Crippen LogP contribution in [0.15, 0.2) is 23.1 Å². The number of thioether (sulfide) groups is 1. The zero-order valence-electron chi connectivity index (χ0n) is 8.06. The number of hydrogen-bond donors (Lipinski definition) is 2. The predicted octanol–water partition coefficient (Wildman–Crippen LogP) is 2.60. The van der Waals surface area contributed by atoms with Gasteiger partial charge in [0.15, 0.2) is 0 Å². The first-order chi connectivity index (χ1) is 6.92. The molecule has 0 fully saturated rings. The molecule has 0 aromatic heterocycles. The molecular formula is C9H11F3N2S. The summed E-state index contributed by atoms with van der Waals surface area (Å²) in [6.07, 6.45) is 0. The van der Waals surface area contributed by atoms with Crippen molar-refractivity contribution in [2.45, 2.75) is 16.9 Å². The summed E-state index contributed by atoms with van der Waals surface area (Å²) in [6.45, 7) is 0.365. The van der Waals surface area contributed by atoms with E-state index >= 15 is 0 Å². The molecule has 0 bridgehead atoms. The van der Waals surface area contributed by atoms with Gasteiger partial charge in [0, 0.05) is 17.1 Å². The van der Waals surface area contributed by atoms with Gasteiger partial charge < -0.3 is 11.1 Å². The summed E-state index contributed by atoms with van der Waals surface area (Å²) in [6, 6.07) is 4.40. The highest BCUT2D eigenvalue weighted by atomic mass is 32.2. The van der Waals surface area contributed by atoms with Crippen molar-refractivity contribution in [1.29, 1.82) is 0 Å². The van der Waals surface area contributed by atoms with Gasteiger partial charge in [0.05, 0.1) is 0 Å². The lowest BCUT2D eigenvalue weighted by Crippen LogP contribution is -2.08. The first-order valence-electron chi connectivity index (χ1n) is 4.21. The lowest BCUT2D eigenvalue weighted by atomic mass is 10.2. The number of hydrogen-bond acceptors (Lipinski definition) is 3. The molecule has 15 heavy (non-hydrogen) atoms. The summed E-state index contributed by atoms with van der Waals surface area (Å²) >= 11 is -0.120. The van der Waals surface area contributed by atoms with Crippen LogP contribution in [0.5, 0.6) is 0 Å². The molecule has 0 aliphatic heterocycles. The van der Waals surface area contributed by atoms with Gasteiger partial charge in [-0.2, -0.15) is 13.2 Å². The minimum Gasteiger partial charge on any atom is -0.399 e. The smallest absolute Gasteiger partial charge is 0.399 e. The highest BCUT2D eigenvalue weighted by Gasteiger charge is 2.30. The number of rotatable bonds is 3. The third-order valence-electron chi connectivity index (χ3n) is 1.68. The van der Waals surface area contributed by atoms with Crippen LogP contribution in [-0.4, -0.2) is 12.6 Å². The zero-order valence-corrected chi connectivity index (χ0v) is 8.88. The van der Waals surface area contributed by atoms with E-state index in [4.69, 9.17) is 5.73 Å². The van der Waals surface area contributed by atoms with Crippen molar-refractivity contribution in [1.82, 2.24) is 5.32 Å². The number of nitrogen functional groups attached to an aromatic ring is 1. The van der Waals surface area contributed by atoms with Crippen LogP contribution in [0.25, 0.3) is 0 Å². The van der Waals surface area contributed by atoms with E-state index in [1.165, 1.54) is 12.1 Å². The summed E-state index contributed by atoms with van der Waals surface area (Å²) in [7, 11) is 1.67. The molecule has 0 spiro atoms. The van der Waals surface area contributed by atoms with Crippen molar-refractivity contribution >= 4 is 17.4 Å². The molecule has 1 aromatic rings. The Kier molecular flexibility index (Phi) is 3.87. The molecule has 1 aromatic carbocycles. The Morgan fingerprint density at radius 2 is 2.07 bits per heavy atom. The maximum Gasteiger partial charge on any atom is 0.446 e. The van der Waals surface area contributed by atoms with Crippen molar-refractivity contribution in [2.75, 3.05) is 12.8 Å². The van der Waals surface area contributed by atoms with Crippen LogP contribution in [0.4, 0.5) is 18.9 Å². The normalized spacial score (nSPS) is 11.7. The fourth-order valence-electron chi connectivity index (χ4n) is 1.15. The molecule has 0 aliphatic carbocycles. The number of anilines is 1. The second-order valence-corrected chi connectivity index (χ2v) is 4.05. The number of nitrogens with one attached hydrogen (secondary N) is 1. The molecule has 0 saturated carbocycles. The van der Waals surface area contributed by atoms with E-state index in [1.807, 2.05) is 0 Å². The average molecular weight is 236 g/mol. The summed E-state index contributed by atoms with van der Waals surface area (Å²) in [5.41, 5.74) is 2.26. The van der Waals surface area contributed by atoms with Crippen LogP contribution < -0.4 is 11.1 Å². The van der Waals surface area contributed by atoms with Crippen molar-refractivity contribution in [3.05, 3.63) is 23.8 Å². The predicted molar refractivity (Wildman–Crippen MR) is 55.5 cm³/mol. The third kappa shape index (κ3) is 4.01. The molecule has 0 unspecified atom stereocenters. The Morgan fingerprint density at radius 1 is 1.40 bits per heavy atom. The first-order valence-corrected chi connectivity index (χ1v) is 5.03. The van der Waals surface area contributed by atoms with Crippen molar-refractivity contribution in [3.8, 4) is 0 Å². The van der Waals surface area contributed by atoms with Gasteiger partial charge >= 0.3 is 5.51 Å². The Hall–Kier alpha value is -0.880. The van der Waals surface area contributed by atoms with Gasteiger partial charge in [-0.1, -0.05) is 0 Å². The molecule has 0 saturated heterocycles. The highest BCUT2D eigenvalue weighted by molar-refractivity contribution is 8.00. The van der Waals surface area contributed by atoms with Crippen molar-refractivity contribution < 1.29 is 13.2 Å². The van der Waals surface area contributed by atoms with Crippen LogP contribution in [0, 0.1) is 0 Å². The lowest BCUT2D eigenvalue weighted by molar-refractivity contribution is -0.0328. The summed E-state index contributed by atoms with van der Waals surface area (Å²) < 4.78 is 36.5. The van der Waals surface area contributed by atoms with E-state index in [9.17, 15) is 13.2 Å². The van der Waals surface area contributed by atoms with E-state index in [2.05, 4.69) is 5.32 Å². The van der Waals surface area contributed by atoms with E-state index in [-0.39, 0.29) is 16.7 Å². The fourth-order valence-corrected chi connectivity index (χ4v) is 1.80. The first kappa shape index (κ1) is 12.2. The molecule has 1 rings (SSSR count). The minimum atomic E-state index is -4.27. The summed E-state index contributed by atoms with van der Waals surface area (Å²) in [5.74, 6) is 0. The van der Waals surface area contributed by atoms with Gasteiger partial charge in [-0.15, -0.1) is 0 Å². The molecule has 0 heterocycles. The van der Waals surface area contributed by atoms with Gasteiger partial charge in [-0.3, -0.25) is 0 Å². The number of benzene rings is 1. The number of nitrogens with two attached hydrogens (primary N) is 1. The molecule has 6 heteroatoms. The molecule has 84 valence electrons. The van der Waals surface area contributed by atoms with E-state index in [0.29, 0.717) is 17.8 Å². The second-order valence-electron chi connectivity index (χ2n) is 2.95. The van der Waals surface area contributed by atoms with E-state index in [1.54, 1.807) is 13.1 Å². The van der Waals surface area contributed by atoms with Crippen LogP contribution in [0.2, 0.25) is 0 Å². The zero-order chi connectivity index (χ0) is 11.5. The third-order valence-corrected chi connectivity index (χ3v) is 2.53. The second kappa shape index (κ2) is 4.76. The maximum atomic E-state index is 12.2. The monoisotopic (exact) mass is 236 g/mol. The van der Waals surface area contributed by atoms with Crippen molar-refractivity contribution in [3.63, 3.8) is 0 Å². The summed E-state index contributed by atoms with van der Waals surface area (Å²) in [5, 5.41) is 2.80. The molecule has 0 amide bonds. The average Bonchev–Trinajstić information content (AvgIpc) is 2.08. The van der Waals surface area contributed by atoms with Gasteiger partial charge in [0.2, 0.25) is 0 Å². The Morgan fingerprint density at radius 3 is 2.60 bits per heavy atom. The molecule has 0 aliphatic rings. The Balaban J connectivity index is 2.95. The van der Waals surface area contributed by atoms with Crippen LogP contribution in [0.3, 0.4) is 0 Å². The number of alkyl halides is 3. The highest BCUT2D eigenvalue weighted by Crippen LogP contribution is 2.38. The van der Waals surface area contributed by atoms with Crippen LogP contribution in [0.1, 0.15) is 5.56 Å². The standard InChI is InChI=1S/C9H11F3N2S/c1-14-5-6-4-7(13)2-3-8(6)15-9(10,11)12/h2-4,14H,5,13H2,1H3. The number of halogens is 3. The fraction of sp³-hybridized carbons (Fsp3) is 0.333.